The van der Waals surface area contributed by atoms with Crippen LogP contribution < -0.4 is 11.1 Å². The van der Waals surface area contributed by atoms with Crippen LogP contribution >= 0.6 is 0 Å². The summed E-state index contributed by atoms with van der Waals surface area (Å²) in [5, 5.41) is 3.58. The first-order chi connectivity index (χ1) is 20.1. The highest BCUT2D eigenvalue weighted by molar-refractivity contribution is 5.86. The molecular formula is C35H38N6. The summed E-state index contributed by atoms with van der Waals surface area (Å²) in [6.07, 6.45) is 12.0. The van der Waals surface area contributed by atoms with Gasteiger partial charge in [0.05, 0.1) is 35.0 Å². The molecule has 1 saturated carbocycles. The molecule has 0 bridgehead atoms. The zero-order valence-corrected chi connectivity index (χ0v) is 23.8. The van der Waals surface area contributed by atoms with E-state index in [4.69, 9.17) is 10.7 Å². The van der Waals surface area contributed by atoms with E-state index in [2.05, 4.69) is 74.9 Å². The number of aromatic nitrogens is 4. The van der Waals surface area contributed by atoms with Gasteiger partial charge >= 0.3 is 0 Å². The molecule has 2 aromatic heterocycles. The molecule has 5 aromatic rings. The number of fused-ring (bicyclic) bond motifs is 3. The van der Waals surface area contributed by atoms with Gasteiger partial charge in [-0.05, 0) is 108 Å². The van der Waals surface area contributed by atoms with Crippen LogP contribution in [0.25, 0.3) is 44.5 Å². The lowest BCUT2D eigenvalue weighted by atomic mass is 9.76. The summed E-state index contributed by atoms with van der Waals surface area (Å²) in [5.74, 6) is 1.90. The Bertz CT molecular complexity index is 1730. The molecule has 8 rings (SSSR count). The molecule has 0 amide bonds. The van der Waals surface area contributed by atoms with Crippen LogP contribution in [0, 0.1) is 0 Å². The standard InChI is InChI=1S/C35H38N6/c1-21(36)33-38-20-31(41-33)23-8-6-22(7-9-23)26-12-11-25(27-14-17-35(32(26)27)15-2-3-16-35)24-10-13-28-30(19-24)40-34(39-28)29-5-4-18-37-29/h6-13,19-21,29,37H,2-5,14-18,36H2,1H3,(H,38,41)(H,39,40). The van der Waals surface area contributed by atoms with E-state index in [0.29, 0.717) is 11.5 Å². The molecule has 1 saturated heterocycles. The molecule has 5 N–H and O–H groups in total. The van der Waals surface area contributed by atoms with Crippen molar-refractivity contribution in [3.8, 4) is 33.5 Å². The minimum absolute atomic E-state index is 0.105. The number of hydrogen-bond acceptors (Lipinski definition) is 4. The lowest BCUT2D eigenvalue weighted by Gasteiger charge is -2.28. The fourth-order valence-electron chi connectivity index (χ4n) is 7.89. The third-order valence-corrected chi connectivity index (χ3v) is 9.99. The lowest BCUT2D eigenvalue weighted by molar-refractivity contribution is 0.440. The molecule has 2 atom stereocenters. The molecule has 1 aliphatic heterocycles. The van der Waals surface area contributed by atoms with Crippen LogP contribution in [0.1, 0.15) is 86.7 Å². The van der Waals surface area contributed by atoms with Crippen molar-refractivity contribution in [1.82, 2.24) is 25.3 Å². The van der Waals surface area contributed by atoms with E-state index in [1.165, 1.54) is 60.8 Å². The van der Waals surface area contributed by atoms with Gasteiger partial charge in [-0.2, -0.15) is 0 Å². The molecule has 2 aliphatic carbocycles. The maximum Gasteiger partial charge on any atom is 0.124 e. The first kappa shape index (κ1) is 25.0. The lowest BCUT2D eigenvalue weighted by Crippen LogP contribution is -2.19. The van der Waals surface area contributed by atoms with Crippen molar-refractivity contribution < 1.29 is 0 Å². The average Bonchev–Trinajstić information content (AvgIpc) is 3.83. The second kappa shape index (κ2) is 9.68. The molecule has 6 heteroatoms. The maximum atomic E-state index is 6.02. The van der Waals surface area contributed by atoms with Crippen molar-refractivity contribution in [2.75, 3.05) is 6.54 Å². The topological polar surface area (TPSA) is 95.4 Å². The van der Waals surface area contributed by atoms with Gasteiger partial charge in [0.1, 0.15) is 11.6 Å². The summed E-state index contributed by atoms with van der Waals surface area (Å²) in [7, 11) is 0. The highest BCUT2D eigenvalue weighted by Gasteiger charge is 2.43. The van der Waals surface area contributed by atoms with E-state index in [9.17, 15) is 0 Å². The number of nitrogens with two attached hydrogens (primary N) is 1. The van der Waals surface area contributed by atoms with Crippen LogP contribution in [0.2, 0.25) is 0 Å². The Hall–Kier alpha value is -3.74. The number of benzene rings is 3. The zero-order chi connectivity index (χ0) is 27.6. The van der Waals surface area contributed by atoms with Gasteiger partial charge < -0.3 is 21.0 Å². The second-order valence-electron chi connectivity index (χ2n) is 12.6. The van der Waals surface area contributed by atoms with E-state index in [-0.39, 0.29) is 6.04 Å². The second-order valence-corrected chi connectivity index (χ2v) is 12.6. The number of nitrogens with one attached hydrogen (secondary N) is 3. The van der Waals surface area contributed by atoms with Gasteiger partial charge in [-0.15, -0.1) is 0 Å². The number of rotatable bonds is 5. The molecular weight excluding hydrogens is 504 g/mol. The number of aromatic amines is 2. The quantitative estimate of drug-likeness (QED) is 0.185. The van der Waals surface area contributed by atoms with Crippen molar-refractivity contribution in [2.24, 2.45) is 5.73 Å². The fraction of sp³-hybridized carbons (Fsp3) is 0.371. The normalized spacial score (nSPS) is 20.3. The van der Waals surface area contributed by atoms with Crippen molar-refractivity contribution in [3.63, 3.8) is 0 Å². The predicted octanol–water partition coefficient (Wildman–Crippen LogP) is 7.49. The Kier molecular flexibility index (Phi) is 5.90. The first-order valence-corrected chi connectivity index (χ1v) is 15.4. The van der Waals surface area contributed by atoms with Gasteiger partial charge in [-0.1, -0.05) is 55.3 Å². The summed E-state index contributed by atoms with van der Waals surface area (Å²) in [4.78, 5) is 16.4. The fourth-order valence-corrected chi connectivity index (χ4v) is 7.89. The van der Waals surface area contributed by atoms with Crippen LogP contribution in [0.15, 0.2) is 60.8 Å². The van der Waals surface area contributed by atoms with Crippen LogP contribution in [0.4, 0.5) is 0 Å². The highest BCUT2D eigenvalue weighted by Crippen LogP contribution is 2.55. The monoisotopic (exact) mass is 542 g/mol. The van der Waals surface area contributed by atoms with E-state index in [1.807, 2.05) is 13.1 Å². The Labute approximate surface area is 241 Å². The van der Waals surface area contributed by atoms with Crippen molar-refractivity contribution >= 4 is 11.0 Å². The number of nitrogens with zero attached hydrogens (tertiary/aromatic N) is 2. The van der Waals surface area contributed by atoms with Crippen molar-refractivity contribution in [2.45, 2.75) is 75.8 Å². The molecule has 3 heterocycles. The highest BCUT2D eigenvalue weighted by atomic mass is 15.0. The molecule has 208 valence electrons. The minimum Gasteiger partial charge on any atom is -0.341 e. The Morgan fingerprint density at radius 2 is 1.66 bits per heavy atom. The largest absolute Gasteiger partial charge is 0.341 e. The van der Waals surface area contributed by atoms with E-state index in [0.717, 1.165) is 53.3 Å². The van der Waals surface area contributed by atoms with Crippen LogP contribution in [0.3, 0.4) is 0 Å². The molecule has 2 fully saturated rings. The zero-order valence-electron chi connectivity index (χ0n) is 23.8. The third-order valence-electron chi connectivity index (χ3n) is 9.99. The summed E-state index contributed by atoms with van der Waals surface area (Å²) < 4.78 is 0. The maximum absolute atomic E-state index is 6.02. The van der Waals surface area contributed by atoms with Gasteiger partial charge in [0, 0.05) is 0 Å². The summed E-state index contributed by atoms with van der Waals surface area (Å²) >= 11 is 0. The average molecular weight is 543 g/mol. The van der Waals surface area contributed by atoms with Crippen molar-refractivity contribution in [3.05, 3.63) is 83.6 Å². The van der Waals surface area contributed by atoms with E-state index in [1.54, 1.807) is 11.1 Å². The molecule has 41 heavy (non-hydrogen) atoms. The smallest absolute Gasteiger partial charge is 0.124 e. The number of H-pyrrole nitrogens is 2. The Morgan fingerprint density at radius 3 is 2.41 bits per heavy atom. The van der Waals surface area contributed by atoms with Crippen LogP contribution in [-0.2, 0) is 11.8 Å². The predicted molar refractivity (Wildman–Crippen MR) is 166 cm³/mol. The molecule has 2 unspecified atom stereocenters. The number of imidazole rings is 2. The summed E-state index contributed by atoms with van der Waals surface area (Å²) in [6.45, 7) is 3.03. The molecule has 6 nitrogen and oxygen atoms in total. The third kappa shape index (κ3) is 4.15. The minimum atomic E-state index is -0.105. The Balaban J connectivity index is 1.20. The summed E-state index contributed by atoms with van der Waals surface area (Å²) in [6, 6.07) is 20.8. The number of hydrogen-bond donors (Lipinski definition) is 4. The molecule has 3 aliphatic rings. The van der Waals surface area contributed by atoms with Gasteiger partial charge in [-0.25, -0.2) is 9.97 Å². The molecule has 1 spiro atoms. The van der Waals surface area contributed by atoms with Crippen LogP contribution in [-0.4, -0.2) is 26.5 Å². The van der Waals surface area contributed by atoms with Gasteiger partial charge in [0.25, 0.3) is 0 Å². The van der Waals surface area contributed by atoms with Crippen LogP contribution in [0.5, 0.6) is 0 Å². The van der Waals surface area contributed by atoms with E-state index < -0.39 is 0 Å². The SMILES string of the molecule is CC(N)c1ncc(-c2ccc(-c3ccc(-c4ccc5nc(C6CCCN6)[nH]c5c4)c4c3C3(CCCC3)CC4)cc2)[nH]1. The first-order valence-electron chi connectivity index (χ1n) is 15.4. The van der Waals surface area contributed by atoms with Gasteiger partial charge in [0.2, 0.25) is 0 Å². The van der Waals surface area contributed by atoms with Crippen molar-refractivity contribution in [1.29, 1.82) is 0 Å². The van der Waals surface area contributed by atoms with E-state index >= 15 is 0 Å². The van der Waals surface area contributed by atoms with Gasteiger partial charge in [-0.3, -0.25) is 0 Å². The summed E-state index contributed by atoms with van der Waals surface area (Å²) in [5.41, 5.74) is 19.2. The van der Waals surface area contributed by atoms with Gasteiger partial charge in [0.15, 0.2) is 0 Å². The Morgan fingerprint density at radius 1 is 0.878 bits per heavy atom. The molecule has 0 radical (unpaired) electrons. The molecule has 3 aromatic carbocycles.